The van der Waals surface area contributed by atoms with Gasteiger partial charge in [0.25, 0.3) is 0 Å². The van der Waals surface area contributed by atoms with E-state index in [2.05, 4.69) is 19.9 Å². The zero-order valence-electron chi connectivity index (χ0n) is 15.7. The predicted octanol–water partition coefficient (Wildman–Crippen LogP) is 3.88. The third kappa shape index (κ3) is 7.61. The Hall–Kier alpha value is -1.34. The summed E-state index contributed by atoms with van der Waals surface area (Å²) in [6.07, 6.45) is 4.38. The fourth-order valence-corrected chi connectivity index (χ4v) is 2.53. The molecule has 0 atom stereocenters. The Bertz CT molecular complexity index is 481. The highest BCUT2D eigenvalue weighted by Crippen LogP contribution is 2.35. The molecule has 6 heteroatoms. The lowest BCUT2D eigenvalue weighted by Gasteiger charge is -2.11. The molecule has 0 aromatic heterocycles. The Kier molecular flexibility index (Phi) is 11.2. The van der Waals surface area contributed by atoms with Crippen LogP contribution in [0.1, 0.15) is 44.2 Å². The van der Waals surface area contributed by atoms with Crippen molar-refractivity contribution < 1.29 is 23.7 Å². The van der Waals surface area contributed by atoms with Crippen molar-refractivity contribution in [2.75, 3.05) is 39.8 Å². The molecule has 1 aromatic rings. The summed E-state index contributed by atoms with van der Waals surface area (Å²) in [7, 11) is 0. The molecule has 0 spiro atoms. The Morgan fingerprint density at radius 2 is 1.40 bits per heavy atom. The van der Waals surface area contributed by atoms with Crippen molar-refractivity contribution in [3.05, 3.63) is 23.3 Å². The number of fused-ring (bicyclic) bond motifs is 1. The van der Waals surface area contributed by atoms with Crippen LogP contribution in [0.3, 0.4) is 0 Å². The molecule has 0 bridgehead atoms. The Balaban J connectivity index is 0.00000312. The number of hydrogen-bond donors (Lipinski definition) is 1. The first kappa shape index (κ1) is 21.7. The molecule has 1 heterocycles. The molecule has 0 aliphatic carbocycles. The fourth-order valence-electron chi connectivity index (χ4n) is 2.53. The van der Waals surface area contributed by atoms with Gasteiger partial charge in [-0.3, -0.25) is 0 Å². The summed E-state index contributed by atoms with van der Waals surface area (Å²) < 4.78 is 27.6. The van der Waals surface area contributed by atoms with E-state index in [1.54, 1.807) is 0 Å². The van der Waals surface area contributed by atoms with Gasteiger partial charge in [0.1, 0.15) is 0 Å². The van der Waals surface area contributed by atoms with E-state index in [-0.39, 0.29) is 6.15 Å². The van der Waals surface area contributed by atoms with Gasteiger partial charge in [-0.1, -0.05) is 26.7 Å². The molecule has 2 rings (SSSR count). The summed E-state index contributed by atoms with van der Waals surface area (Å²) in [5.74, 6) is 1.66. The second kappa shape index (κ2) is 12.9. The Morgan fingerprint density at radius 3 is 2.04 bits per heavy atom. The smallest absolute Gasteiger partial charge is 0.231 e. The average Bonchev–Trinajstić information content (AvgIpc) is 3.04. The molecule has 1 aliphatic heterocycles. The lowest BCUT2D eigenvalue weighted by molar-refractivity contribution is 0.0101. The zero-order valence-corrected chi connectivity index (χ0v) is 15.7. The summed E-state index contributed by atoms with van der Waals surface area (Å²) in [6.45, 7) is 8.47. The van der Waals surface area contributed by atoms with Crippen molar-refractivity contribution in [1.82, 2.24) is 6.15 Å². The van der Waals surface area contributed by atoms with Gasteiger partial charge in [-0.15, -0.1) is 0 Å². The Morgan fingerprint density at radius 1 is 0.800 bits per heavy atom. The highest BCUT2D eigenvalue weighted by molar-refractivity contribution is 5.48. The summed E-state index contributed by atoms with van der Waals surface area (Å²) in [5.41, 5.74) is 2.44. The van der Waals surface area contributed by atoms with Crippen LogP contribution in [0.25, 0.3) is 0 Å². The summed E-state index contributed by atoms with van der Waals surface area (Å²) in [6, 6.07) is 4.12. The SMILES string of the molecule is CCCCOCCOCCOCc1cc2c(cc1CCC)OCO2.N. The van der Waals surface area contributed by atoms with Crippen LogP contribution >= 0.6 is 0 Å². The first-order chi connectivity index (χ1) is 11.8. The molecule has 0 fully saturated rings. The predicted molar refractivity (Wildman–Crippen MR) is 97.8 cm³/mol. The summed E-state index contributed by atoms with van der Waals surface area (Å²) in [5, 5.41) is 0. The minimum absolute atomic E-state index is 0. The van der Waals surface area contributed by atoms with Crippen molar-refractivity contribution in [1.29, 1.82) is 0 Å². The molecule has 0 unspecified atom stereocenters. The molecule has 0 radical (unpaired) electrons. The van der Waals surface area contributed by atoms with Gasteiger partial charge >= 0.3 is 0 Å². The van der Waals surface area contributed by atoms with Crippen LogP contribution in [-0.4, -0.2) is 39.8 Å². The van der Waals surface area contributed by atoms with E-state index >= 15 is 0 Å². The van der Waals surface area contributed by atoms with Gasteiger partial charge in [0.2, 0.25) is 6.79 Å². The lowest BCUT2D eigenvalue weighted by atomic mass is 10.0. The number of unbranched alkanes of at least 4 members (excludes halogenated alkanes) is 1. The topological polar surface area (TPSA) is 81.2 Å². The Labute approximate surface area is 151 Å². The van der Waals surface area contributed by atoms with E-state index in [1.807, 2.05) is 6.07 Å². The second-order valence-electron chi connectivity index (χ2n) is 5.86. The highest BCUT2D eigenvalue weighted by atomic mass is 16.7. The van der Waals surface area contributed by atoms with Gasteiger partial charge in [0, 0.05) is 6.61 Å². The normalized spacial score (nSPS) is 12.2. The van der Waals surface area contributed by atoms with Crippen molar-refractivity contribution in [2.24, 2.45) is 0 Å². The minimum Gasteiger partial charge on any atom is -0.454 e. The van der Waals surface area contributed by atoms with Crippen molar-refractivity contribution >= 4 is 0 Å². The quantitative estimate of drug-likeness (QED) is 0.541. The van der Waals surface area contributed by atoms with E-state index in [0.717, 1.165) is 43.8 Å². The van der Waals surface area contributed by atoms with Gasteiger partial charge in [0.05, 0.1) is 33.0 Å². The van der Waals surface area contributed by atoms with Crippen LogP contribution in [0, 0.1) is 0 Å². The number of benzene rings is 1. The molecule has 0 saturated carbocycles. The van der Waals surface area contributed by atoms with E-state index in [9.17, 15) is 0 Å². The number of rotatable bonds is 13. The van der Waals surface area contributed by atoms with Crippen molar-refractivity contribution in [2.45, 2.75) is 46.1 Å². The standard InChI is InChI=1S/C19H30O5.H3N/c1-3-5-7-20-8-9-21-10-11-22-14-17-13-19-18(23-15-24-19)12-16(17)6-4-2;/h12-13H,3-11,14-15H2,1-2H3;1H3. The van der Waals surface area contributed by atoms with Crippen LogP contribution in [0.4, 0.5) is 0 Å². The van der Waals surface area contributed by atoms with Crippen molar-refractivity contribution in [3.8, 4) is 11.5 Å². The van der Waals surface area contributed by atoms with E-state index in [0.29, 0.717) is 39.8 Å². The van der Waals surface area contributed by atoms with Gasteiger partial charge < -0.3 is 29.8 Å². The summed E-state index contributed by atoms with van der Waals surface area (Å²) in [4.78, 5) is 0. The maximum absolute atomic E-state index is 5.75. The van der Waals surface area contributed by atoms with Crippen LogP contribution in [0.5, 0.6) is 11.5 Å². The van der Waals surface area contributed by atoms with Crippen LogP contribution in [0.2, 0.25) is 0 Å². The first-order valence-corrected chi connectivity index (χ1v) is 8.99. The minimum atomic E-state index is 0. The van der Waals surface area contributed by atoms with Crippen LogP contribution < -0.4 is 15.6 Å². The van der Waals surface area contributed by atoms with Gasteiger partial charge in [0.15, 0.2) is 11.5 Å². The third-order valence-corrected chi connectivity index (χ3v) is 3.86. The molecule has 0 amide bonds. The highest BCUT2D eigenvalue weighted by Gasteiger charge is 2.16. The van der Waals surface area contributed by atoms with Crippen LogP contribution in [-0.2, 0) is 27.2 Å². The molecular weight excluding hydrogens is 322 g/mol. The average molecular weight is 355 g/mol. The van der Waals surface area contributed by atoms with Gasteiger partial charge in [-0.2, -0.15) is 0 Å². The van der Waals surface area contributed by atoms with Crippen LogP contribution in [0.15, 0.2) is 12.1 Å². The zero-order chi connectivity index (χ0) is 17.0. The maximum atomic E-state index is 5.75. The third-order valence-electron chi connectivity index (χ3n) is 3.86. The molecule has 6 nitrogen and oxygen atoms in total. The monoisotopic (exact) mass is 355 g/mol. The molecule has 0 saturated heterocycles. The first-order valence-electron chi connectivity index (χ1n) is 8.99. The number of ether oxygens (including phenoxy) is 5. The molecule has 3 N–H and O–H groups in total. The number of hydrogen-bond acceptors (Lipinski definition) is 6. The molecule has 144 valence electrons. The molecular formula is C19H33NO5. The van der Waals surface area contributed by atoms with E-state index < -0.39 is 0 Å². The fraction of sp³-hybridized carbons (Fsp3) is 0.684. The molecule has 1 aliphatic rings. The number of aryl methyl sites for hydroxylation is 1. The van der Waals surface area contributed by atoms with Crippen molar-refractivity contribution in [3.63, 3.8) is 0 Å². The van der Waals surface area contributed by atoms with Gasteiger partial charge in [-0.05, 0) is 36.1 Å². The second-order valence-corrected chi connectivity index (χ2v) is 5.86. The van der Waals surface area contributed by atoms with E-state index in [4.69, 9.17) is 23.7 Å². The summed E-state index contributed by atoms with van der Waals surface area (Å²) >= 11 is 0. The molecule has 25 heavy (non-hydrogen) atoms. The largest absolute Gasteiger partial charge is 0.454 e. The maximum Gasteiger partial charge on any atom is 0.231 e. The van der Waals surface area contributed by atoms with E-state index in [1.165, 1.54) is 11.1 Å². The molecule has 1 aromatic carbocycles. The van der Waals surface area contributed by atoms with Gasteiger partial charge in [-0.25, -0.2) is 0 Å². The lowest BCUT2D eigenvalue weighted by Crippen LogP contribution is -2.10.